The van der Waals surface area contributed by atoms with E-state index in [2.05, 4.69) is 0 Å². The van der Waals surface area contributed by atoms with E-state index in [0.717, 1.165) is 5.56 Å². The van der Waals surface area contributed by atoms with Crippen molar-refractivity contribution in [3.8, 4) is 22.8 Å². The van der Waals surface area contributed by atoms with Gasteiger partial charge in [0, 0.05) is 15.6 Å². The summed E-state index contributed by atoms with van der Waals surface area (Å²) in [5.41, 5.74) is 1.73. The van der Waals surface area contributed by atoms with Crippen LogP contribution in [0, 0.1) is 0 Å². The fraction of sp³-hybridized carbons (Fsp3) is 0.0870. The van der Waals surface area contributed by atoms with Gasteiger partial charge in [0.25, 0.3) is 0 Å². The Morgan fingerprint density at radius 3 is 2.28 bits per heavy atom. The summed E-state index contributed by atoms with van der Waals surface area (Å²) >= 11 is 12.0. The molecule has 3 aromatic carbocycles. The third-order valence-corrected chi connectivity index (χ3v) is 4.95. The highest BCUT2D eigenvalue weighted by Gasteiger charge is 2.18. The van der Waals surface area contributed by atoms with Gasteiger partial charge in [-0.05, 0) is 60.2 Å². The van der Waals surface area contributed by atoms with Gasteiger partial charge in [-0.1, -0.05) is 35.3 Å². The number of fused-ring (bicyclic) bond motifs is 1. The summed E-state index contributed by atoms with van der Waals surface area (Å²) in [4.78, 5) is 13.2. The summed E-state index contributed by atoms with van der Waals surface area (Å²) in [5.74, 6) is 1.17. The van der Waals surface area contributed by atoms with Gasteiger partial charge in [-0.25, -0.2) is 0 Å². The van der Waals surface area contributed by atoms with Crippen LogP contribution in [0.1, 0.15) is 5.56 Å². The Morgan fingerprint density at radius 1 is 0.897 bits per heavy atom. The molecular formula is C23H16Cl2O4. The Morgan fingerprint density at radius 2 is 1.59 bits per heavy atom. The molecule has 0 fully saturated rings. The van der Waals surface area contributed by atoms with Gasteiger partial charge < -0.3 is 13.9 Å². The van der Waals surface area contributed by atoms with E-state index in [9.17, 15) is 4.79 Å². The summed E-state index contributed by atoms with van der Waals surface area (Å²) in [6.45, 7) is 0.192. The molecule has 1 heterocycles. The normalized spacial score (nSPS) is 10.9. The van der Waals surface area contributed by atoms with E-state index in [0.29, 0.717) is 38.1 Å². The molecule has 0 bridgehead atoms. The highest BCUT2D eigenvalue weighted by molar-refractivity contribution is 6.31. The second kappa shape index (κ2) is 8.19. The molecule has 0 saturated heterocycles. The molecule has 0 saturated carbocycles. The lowest BCUT2D eigenvalue weighted by atomic mass is 10.1. The van der Waals surface area contributed by atoms with Crippen LogP contribution in [0.5, 0.6) is 11.5 Å². The molecule has 0 atom stereocenters. The average Bonchev–Trinajstić information content (AvgIpc) is 2.74. The van der Waals surface area contributed by atoms with E-state index < -0.39 is 0 Å². The molecule has 0 radical (unpaired) electrons. The molecule has 4 rings (SSSR count). The van der Waals surface area contributed by atoms with Crippen molar-refractivity contribution in [2.24, 2.45) is 0 Å². The third-order valence-electron chi connectivity index (χ3n) is 4.46. The van der Waals surface area contributed by atoms with Crippen LogP contribution in [0.25, 0.3) is 22.3 Å². The van der Waals surface area contributed by atoms with Crippen molar-refractivity contribution in [2.75, 3.05) is 7.11 Å². The number of hydrogen-bond donors (Lipinski definition) is 0. The first kappa shape index (κ1) is 19.4. The van der Waals surface area contributed by atoms with Crippen LogP contribution in [0.2, 0.25) is 10.0 Å². The molecule has 0 N–H and O–H groups in total. The molecule has 0 aliphatic carbocycles. The number of methoxy groups -OCH3 is 1. The predicted molar refractivity (Wildman–Crippen MR) is 115 cm³/mol. The monoisotopic (exact) mass is 426 g/mol. The van der Waals surface area contributed by atoms with E-state index in [1.807, 2.05) is 24.3 Å². The van der Waals surface area contributed by atoms with Crippen LogP contribution in [0.4, 0.5) is 0 Å². The van der Waals surface area contributed by atoms with Gasteiger partial charge in [0.1, 0.15) is 17.9 Å². The molecule has 0 unspecified atom stereocenters. The van der Waals surface area contributed by atoms with Crippen LogP contribution >= 0.6 is 23.2 Å². The zero-order valence-corrected chi connectivity index (χ0v) is 17.0. The van der Waals surface area contributed by atoms with Gasteiger partial charge in [-0.15, -0.1) is 0 Å². The van der Waals surface area contributed by atoms with E-state index >= 15 is 0 Å². The van der Waals surface area contributed by atoms with Crippen molar-refractivity contribution in [2.45, 2.75) is 6.61 Å². The lowest BCUT2D eigenvalue weighted by Gasteiger charge is -2.12. The maximum Gasteiger partial charge on any atom is 0.235 e. The van der Waals surface area contributed by atoms with Gasteiger partial charge in [0.2, 0.25) is 11.2 Å². The van der Waals surface area contributed by atoms with Gasteiger partial charge in [0.05, 0.1) is 12.5 Å². The second-order valence-corrected chi connectivity index (χ2v) is 7.25. The highest BCUT2D eigenvalue weighted by Crippen LogP contribution is 2.33. The minimum Gasteiger partial charge on any atom is -0.497 e. The van der Waals surface area contributed by atoms with Gasteiger partial charge in [0.15, 0.2) is 5.76 Å². The lowest BCUT2D eigenvalue weighted by molar-refractivity contribution is 0.298. The Kier molecular flexibility index (Phi) is 5.47. The van der Waals surface area contributed by atoms with E-state index in [1.54, 1.807) is 49.6 Å². The van der Waals surface area contributed by atoms with Crippen LogP contribution in [-0.4, -0.2) is 7.11 Å². The number of benzene rings is 3. The molecule has 1 aromatic heterocycles. The van der Waals surface area contributed by atoms with Crippen LogP contribution in [-0.2, 0) is 6.61 Å². The first-order valence-electron chi connectivity index (χ1n) is 8.83. The summed E-state index contributed by atoms with van der Waals surface area (Å²) < 4.78 is 17.2. The van der Waals surface area contributed by atoms with E-state index in [4.69, 9.17) is 37.1 Å². The fourth-order valence-electron chi connectivity index (χ4n) is 2.95. The van der Waals surface area contributed by atoms with Crippen molar-refractivity contribution < 1.29 is 13.9 Å². The maximum atomic E-state index is 13.2. The van der Waals surface area contributed by atoms with E-state index in [1.165, 1.54) is 0 Å². The molecular weight excluding hydrogens is 411 g/mol. The minimum absolute atomic E-state index is 0.125. The summed E-state index contributed by atoms with van der Waals surface area (Å²) in [5, 5.41) is 1.44. The van der Waals surface area contributed by atoms with Crippen LogP contribution in [0.15, 0.2) is 75.9 Å². The van der Waals surface area contributed by atoms with Crippen molar-refractivity contribution in [3.05, 3.63) is 92.6 Å². The molecule has 0 aliphatic heterocycles. The number of ether oxygens (including phenoxy) is 2. The first-order chi connectivity index (χ1) is 14.0. The molecule has 0 aliphatic rings. The van der Waals surface area contributed by atoms with Crippen LogP contribution < -0.4 is 14.9 Å². The molecule has 4 nitrogen and oxygen atoms in total. The summed E-state index contributed by atoms with van der Waals surface area (Å²) in [7, 11) is 1.59. The number of halogens is 2. The highest BCUT2D eigenvalue weighted by atomic mass is 35.5. The largest absolute Gasteiger partial charge is 0.497 e. The number of hydrogen-bond acceptors (Lipinski definition) is 4. The maximum absolute atomic E-state index is 13.2. The van der Waals surface area contributed by atoms with Crippen molar-refractivity contribution in [1.82, 2.24) is 0 Å². The van der Waals surface area contributed by atoms with Gasteiger partial charge >= 0.3 is 0 Å². The van der Waals surface area contributed by atoms with Crippen molar-refractivity contribution >= 4 is 34.2 Å². The lowest BCUT2D eigenvalue weighted by Crippen LogP contribution is -2.10. The smallest absolute Gasteiger partial charge is 0.235 e. The molecule has 29 heavy (non-hydrogen) atoms. The van der Waals surface area contributed by atoms with E-state index in [-0.39, 0.29) is 17.8 Å². The molecule has 4 aromatic rings. The number of rotatable bonds is 5. The Hall–Kier alpha value is -2.95. The summed E-state index contributed by atoms with van der Waals surface area (Å²) in [6, 6.07) is 19.4. The molecule has 0 spiro atoms. The zero-order valence-electron chi connectivity index (χ0n) is 15.4. The summed E-state index contributed by atoms with van der Waals surface area (Å²) in [6.07, 6.45) is 0. The molecule has 146 valence electrons. The van der Waals surface area contributed by atoms with Gasteiger partial charge in [-0.3, -0.25) is 4.79 Å². The topological polar surface area (TPSA) is 48.7 Å². The minimum atomic E-state index is -0.284. The zero-order chi connectivity index (χ0) is 20.4. The third kappa shape index (κ3) is 4.09. The SMILES string of the molecule is COc1ccc(-c2oc3ccc(Cl)cc3c(=O)c2OCc2ccc(Cl)cc2)cc1. The van der Waals surface area contributed by atoms with Gasteiger partial charge in [-0.2, -0.15) is 0 Å². The standard InChI is InChI=1S/C23H16Cl2O4/c1-27-18-9-4-15(5-10-18)22-23(28-13-14-2-6-16(24)7-3-14)21(26)19-12-17(25)8-11-20(19)29-22/h2-12H,13H2,1H3. The quantitative estimate of drug-likeness (QED) is 0.372. The Balaban J connectivity index is 1.82. The molecule has 6 heteroatoms. The Labute approximate surface area is 177 Å². The molecule has 0 amide bonds. The average molecular weight is 427 g/mol. The second-order valence-electron chi connectivity index (χ2n) is 6.37. The first-order valence-corrected chi connectivity index (χ1v) is 9.59. The van der Waals surface area contributed by atoms with Crippen molar-refractivity contribution in [3.63, 3.8) is 0 Å². The van der Waals surface area contributed by atoms with Crippen LogP contribution in [0.3, 0.4) is 0 Å². The predicted octanol–water partition coefficient (Wildman–Crippen LogP) is 6.35. The Bertz CT molecular complexity index is 1210. The fourth-order valence-corrected chi connectivity index (χ4v) is 3.25. The van der Waals surface area contributed by atoms with Crippen molar-refractivity contribution in [1.29, 1.82) is 0 Å².